The van der Waals surface area contributed by atoms with Gasteiger partial charge in [0.25, 0.3) is 0 Å². The van der Waals surface area contributed by atoms with Gasteiger partial charge in [0.15, 0.2) is 0 Å². The number of hydrogen-bond donors (Lipinski definition) is 0. The second-order valence-corrected chi connectivity index (χ2v) is 5.35. The first-order valence-corrected chi connectivity index (χ1v) is 6.83. The van der Waals surface area contributed by atoms with Gasteiger partial charge < -0.3 is 4.74 Å². The predicted molar refractivity (Wildman–Crippen MR) is 79.6 cm³/mol. The van der Waals surface area contributed by atoms with Gasteiger partial charge in [0.2, 0.25) is 0 Å². The lowest BCUT2D eigenvalue weighted by Gasteiger charge is -2.08. The van der Waals surface area contributed by atoms with Gasteiger partial charge in [-0.2, -0.15) is 5.26 Å². The molecule has 0 bridgehead atoms. The van der Waals surface area contributed by atoms with Crippen LogP contribution < -0.4 is 4.74 Å². The molecule has 2 rings (SSSR count). The van der Waals surface area contributed by atoms with E-state index >= 15 is 0 Å². The van der Waals surface area contributed by atoms with Crippen molar-refractivity contribution in [1.29, 1.82) is 5.26 Å². The van der Waals surface area contributed by atoms with Gasteiger partial charge in [-0.25, -0.2) is 4.39 Å². The third-order valence-electron chi connectivity index (χ3n) is 2.49. The van der Waals surface area contributed by atoms with E-state index < -0.39 is 5.82 Å². The molecule has 0 aliphatic carbocycles. The fraction of sp³-hybridized carbons (Fsp3) is 0.0714. The fourth-order valence-electron chi connectivity index (χ4n) is 1.50. The molecule has 0 aliphatic heterocycles. The van der Waals surface area contributed by atoms with E-state index in [9.17, 15) is 4.39 Å². The second kappa shape index (κ2) is 6.22. The van der Waals surface area contributed by atoms with E-state index in [0.29, 0.717) is 19.9 Å². The Balaban J connectivity index is 2.16. The van der Waals surface area contributed by atoms with Crippen LogP contribution >= 0.6 is 34.2 Å². The molecule has 2 aromatic carbocycles. The maximum absolute atomic E-state index is 14.0. The second-order valence-electron chi connectivity index (χ2n) is 3.75. The molecule has 0 atom stereocenters. The molecule has 2 aromatic rings. The van der Waals surface area contributed by atoms with Crippen LogP contribution in [0.5, 0.6) is 5.75 Å². The standard InChI is InChI=1S/C14H8ClFINO/c15-10-2-4-11(5-3-10)19-8-9-1-6-13(17)12(7-18)14(9)16/h1-6H,8H2. The van der Waals surface area contributed by atoms with E-state index in [1.807, 2.05) is 28.7 Å². The minimum atomic E-state index is -0.525. The zero-order valence-electron chi connectivity index (χ0n) is 9.66. The van der Waals surface area contributed by atoms with Crippen molar-refractivity contribution in [1.82, 2.24) is 0 Å². The van der Waals surface area contributed by atoms with Crippen LogP contribution in [0.3, 0.4) is 0 Å². The summed E-state index contributed by atoms with van der Waals surface area (Å²) in [5.41, 5.74) is 0.407. The first-order chi connectivity index (χ1) is 9.11. The summed E-state index contributed by atoms with van der Waals surface area (Å²) in [6, 6.07) is 12.0. The minimum absolute atomic E-state index is 0.0535. The van der Waals surface area contributed by atoms with Crippen molar-refractivity contribution >= 4 is 34.2 Å². The molecule has 0 amide bonds. The van der Waals surface area contributed by atoms with E-state index in [1.54, 1.807) is 36.4 Å². The highest BCUT2D eigenvalue weighted by molar-refractivity contribution is 14.1. The van der Waals surface area contributed by atoms with Gasteiger partial charge in [-0.3, -0.25) is 0 Å². The Morgan fingerprint density at radius 1 is 1.21 bits per heavy atom. The summed E-state index contributed by atoms with van der Waals surface area (Å²) in [5.74, 6) is 0.0734. The van der Waals surface area contributed by atoms with E-state index in [2.05, 4.69) is 0 Å². The Hall–Kier alpha value is -1.32. The van der Waals surface area contributed by atoms with Crippen LogP contribution in [0.2, 0.25) is 5.02 Å². The number of benzene rings is 2. The van der Waals surface area contributed by atoms with Crippen LogP contribution in [0.25, 0.3) is 0 Å². The number of hydrogen-bond acceptors (Lipinski definition) is 2. The van der Waals surface area contributed by atoms with E-state index in [1.165, 1.54) is 0 Å². The maximum atomic E-state index is 14.0. The van der Waals surface area contributed by atoms with E-state index in [-0.39, 0.29) is 12.2 Å². The van der Waals surface area contributed by atoms with Crippen molar-refractivity contribution in [2.45, 2.75) is 6.61 Å². The van der Waals surface area contributed by atoms with Crippen LogP contribution in [0.4, 0.5) is 4.39 Å². The highest BCUT2D eigenvalue weighted by atomic mass is 127. The number of rotatable bonds is 3. The Morgan fingerprint density at radius 2 is 1.89 bits per heavy atom. The lowest BCUT2D eigenvalue weighted by molar-refractivity contribution is 0.299. The largest absolute Gasteiger partial charge is 0.489 e. The van der Waals surface area contributed by atoms with Crippen molar-refractivity contribution in [3.05, 3.63) is 61.9 Å². The van der Waals surface area contributed by atoms with Gasteiger partial charge in [-0.05, 0) is 52.9 Å². The van der Waals surface area contributed by atoms with Gasteiger partial charge in [-0.15, -0.1) is 0 Å². The van der Waals surface area contributed by atoms with Gasteiger partial charge in [-0.1, -0.05) is 17.7 Å². The molecule has 0 saturated carbocycles. The van der Waals surface area contributed by atoms with Crippen molar-refractivity contribution in [2.24, 2.45) is 0 Å². The summed E-state index contributed by atoms with van der Waals surface area (Å²) in [6.07, 6.45) is 0. The summed E-state index contributed by atoms with van der Waals surface area (Å²) < 4.78 is 20.0. The lowest BCUT2D eigenvalue weighted by Crippen LogP contribution is -2.01. The fourth-order valence-corrected chi connectivity index (χ4v) is 2.16. The molecule has 2 nitrogen and oxygen atoms in total. The van der Waals surface area contributed by atoms with Crippen molar-refractivity contribution < 1.29 is 9.13 Å². The van der Waals surface area contributed by atoms with Crippen LogP contribution in [-0.4, -0.2) is 0 Å². The lowest BCUT2D eigenvalue weighted by atomic mass is 10.1. The van der Waals surface area contributed by atoms with Gasteiger partial charge in [0.05, 0.1) is 0 Å². The van der Waals surface area contributed by atoms with E-state index in [0.717, 1.165) is 0 Å². The van der Waals surface area contributed by atoms with Gasteiger partial charge in [0, 0.05) is 14.2 Å². The van der Waals surface area contributed by atoms with E-state index in [4.69, 9.17) is 21.6 Å². The van der Waals surface area contributed by atoms with Gasteiger partial charge >= 0.3 is 0 Å². The van der Waals surface area contributed by atoms with Crippen LogP contribution in [0, 0.1) is 20.7 Å². The maximum Gasteiger partial charge on any atom is 0.148 e. The zero-order chi connectivity index (χ0) is 13.8. The Bertz CT molecular complexity index is 637. The molecule has 0 spiro atoms. The van der Waals surface area contributed by atoms with Crippen molar-refractivity contribution in [3.63, 3.8) is 0 Å². The highest BCUT2D eigenvalue weighted by Crippen LogP contribution is 2.21. The zero-order valence-corrected chi connectivity index (χ0v) is 12.6. The third-order valence-corrected chi connectivity index (χ3v) is 3.64. The summed E-state index contributed by atoms with van der Waals surface area (Å²) >= 11 is 7.69. The van der Waals surface area contributed by atoms with Crippen molar-refractivity contribution in [3.8, 4) is 11.8 Å². The molecular formula is C14H8ClFINO. The van der Waals surface area contributed by atoms with Crippen LogP contribution in [0.1, 0.15) is 11.1 Å². The Labute approximate surface area is 128 Å². The average Bonchev–Trinajstić information content (AvgIpc) is 2.40. The predicted octanol–water partition coefficient (Wildman–Crippen LogP) is 4.53. The number of halogens is 3. The summed E-state index contributed by atoms with van der Waals surface area (Å²) in [7, 11) is 0. The molecule has 0 fully saturated rings. The quantitative estimate of drug-likeness (QED) is 0.725. The van der Waals surface area contributed by atoms with Crippen molar-refractivity contribution in [2.75, 3.05) is 0 Å². The molecule has 5 heteroatoms. The first-order valence-electron chi connectivity index (χ1n) is 5.37. The monoisotopic (exact) mass is 387 g/mol. The smallest absolute Gasteiger partial charge is 0.148 e. The summed E-state index contributed by atoms with van der Waals surface area (Å²) in [6.45, 7) is 0.0685. The molecule has 0 saturated heterocycles. The molecule has 19 heavy (non-hydrogen) atoms. The Kier molecular flexibility index (Phi) is 4.61. The first kappa shape index (κ1) is 14.1. The Morgan fingerprint density at radius 3 is 2.53 bits per heavy atom. The average molecular weight is 388 g/mol. The molecule has 0 heterocycles. The molecule has 0 radical (unpaired) electrons. The highest BCUT2D eigenvalue weighted by Gasteiger charge is 2.12. The van der Waals surface area contributed by atoms with Gasteiger partial charge in [0.1, 0.15) is 29.8 Å². The van der Waals surface area contributed by atoms with Crippen LogP contribution in [0.15, 0.2) is 36.4 Å². The molecule has 0 unspecified atom stereocenters. The number of ether oxygens (including phenoxy) is 1. The molecule has 96 valence electrons. The van der Waals surface area contributed by atoms with Crippen LogP contribution in [-0.2, 0) is 6.61 Å². The number of nitrogens with zero attached hydrogens (tertiary/aromatic N) is 1. The topological polar surface area (TPSA) is 33.0 Å². The summed E-state index contributed by atoms with van der Waals surface area (Å²) in [4.78, 5) is 0. The summed E-state index contributed by atoms with van der Waals surface area (Å²) in [5, 5.41) is 9.50. The third kappa shape index (κ3) is 3.37. The molecule has 0 aliphatic rings. The molecular weight excluding hydrogens is 380 g/mol. The number of nitriles is 1. The normalized spacial score (nSPS) is 10.0. The SMILES string of the molecule is N#Cc1c(I)ccc(COc2ccc(Cl)cc2)c1F. The molecule has 0 N–H and O–H groups in total. The minimum Gasteiger partial charge on any atom is -0.489 e. The molecule has 0 aromatic heterocycles.